The first-order valence-corrected chi connectivity index (χ1v) is 4.05. The van der Waals surface area contributed by atoms with E-state index in [-0.39, 0.29) is 0 Å². The van der Waals surface area contributed by atoms with Gasteiger partial charge in [0.05, 0.1) is 12.6 Å². The van der Waals surface area contributed by atoms with Crippen molar-refractivity contribution in [2.24, 2.45) is 5.92 Å². The monoisotopic (exact) mass is 151 g/mol. The molecule has 0 bridgehead atoms. The van der Waals surface area contributed by atoms with Gasteiger partial charge in [0.2, 0.25) is 0 Å². The fourth-order valence-electron chi connectivity index (χ4n) is 1.91. The number of fused-ring (bicyclic) bond motifs is 1. The number of rotatable bonds is 2. The molecular formula is C9H13NO. The molecule has 1 heterocycles. The highest BCUT2D eigenvalue weighted by Gasteiger charge is 2.40. The van der Waals surface area contributed by atoms with Crippen molar-refractivity contribution in [1.29, 1.82) is 0 Å². The summed E-state index contributed by atoms with van der Waals surface area (Å²) < 4.78 is 5.12. The largest absolute Gasteiger partial charge is 0.383 e. The Kier molecular flexibility index (Phi) is 1.63. The molecule has 0 aromatic heterocycles. The standard InChI is InChI=1S/C9H13NO/c1-10-8(6-11-2)5-7-3-4-9(7)10/h7-9H,5-6H2,1-2H3/t7-,8+,9-/m1/s1. The molecule has 1 aliphatic carbocycles. The lowest BCUT2D eigenvalue weighted by Crippen LogP contribution is -2.37. The molecule has 0 amide bonds. The van der Waals surface area contributed by atoms with Gasteiger partial charge in [0.1, 0.15) is 0 Å². The van der Waals surface area contributed by atoms with Gasteiger partial charge in [-0.1, -0.05) is 11.8 Å². The fourth-order valence-corrected chi connectivity index (χ4v) is 1.91. The van der Waals surface area contributed by atoms with Gasteiger partial charge in [0, 0.05) is 19.1 Å². The summed E-state index contributed by atoms with van der Waals surface area (Å²) in [5.41, 5.74) is 0. The van der Waals surface area contributed by atoms with E-state index in [4.69, 9.17) is 4.74 Å². The summed E-state index contributed by atoms with van der Waals surface area (Å²) in [4.78, 5) is 2.34. The van der Waals surface area contributed by atoms with Crippen LogP contribution in [0.15, 0.2) is 0 Å². The average Bonchev–Trinajstić information content (AvgIpc) is 2.11. The predicted molar refractivity (Wildman–Crippen MR) is 43.1 cm³/mol. The lowest BCUT2D eigenvalue weighted by atomic mass is 9.93. The predicted octanol–water partition coefficient (Wildman–Crippen LogP) is 0.339. The number of likely N-dealkylation sites (tertiary alicyclic amines) is 1. The van der Waals surface area contributed by atoms with Crippen molar-refractivity contribution in [3.05, 3.63) is 0 Å². The van der Waals surface area contributed by atoms with Crippen molar-refractivity contribution < 1.29 is 4.74 Å². The van der Waals surface area contributed by atoms with E-state index in [9.17, 15) is 0 Å². The molecule has 0 aromatic rings. The fraction of sp³-hybridized carbons (Fsp3) is 0.778. The van der Waals surface area contributed by atoms with Gasteiger partial charge in [-0.2, -0.15) is 0 Å². The van der Waals surface area contributed by atoms with Gasteiger partial charge >= 0.3 is 0 Å². The van der Waals surface area contributed by atoms with Crippen LogP contribution in [-0.4, -0.2) is 37.7 Å². The first-order chi connectivity index (χ1) is 5.33. The number of hydrogen-bond donors (Lipinski definition) is 0. The Morgan fingerprint density at radius 1 is 1.55 bits per heavy atom. The second-order valence-electron chi connectivity index (χ2n) is 3.35. The maximum absolute atomic E-state index is 5.12. The molecule has 0 saturated carbocycles. The summed E-state index contributed by atoms with van der Waals surface area (Å²) in [7, 11) is 3.90. The highest BCUT2D eigenvalue weighted by atomic mass is 16.5. The van der Waals surface area contributed by atoms with Crippen LogP contribution in [0, 0.1) is 17.8 Å². The number of likely N-dealkylation sites (N-methyl/N-ethyl adjacent to an activating group) is 1. The minimum atomic E-state index is 0.537. The molecule has 2 aliphatic rings. The summed E-state index contributed by atoms with van der Waals surface area (Å²) in [5, 5.41) is 0. The second-order valence-corrected chi connectivity index (χ2v) is 3.35. The number of methoxy groups -OCH3 is 1. The average molecular weight is 151 g/mol. The van der Waals surface area contributed by atoms with Crippen molar-refractivity contribution >= 4 is 0 Å². The quantitative estimate of drug-likeness (QED) is 0.528. The third-order valence-electron chi connectivity index (χ3n) is 2.70. The molecule has 0 spiro atoms. The molecule has 0 unspecified atom stereocenters. The third-order valence-corrected chi connectivity index (χ3v) is 2.70. The molecule has 2 rings (SSSR count). The van der Waals surface area contributed by atoms with Crippen LogP contribution in [0.25, 0.3) is 0 Å². The molecule has 2 heteroatoms. The summed E-state index contributed by atoms with van der Waals surface area (Å²) in [5.74, 6) is 6.98. The van der Waals surface area contributed by atoms with Crippen LogP contribution in [-0.2, 0) is 4.74 Å². The zero-order valence-corrected chi connectivity index (χ0v) is 7.00. The van der Waals surface area contributed by atoms with E-state index in [0.717, 1.165) is 6.61 Å². The Hall–Kier alpha value is -0.520. The SMILES string of the molecule is COC[C@@H]1C[C@H]2C#C[C@H]2N1C. The lowest BCUT2D eigenvalue weighted by Gasteiger charge is -2.24. The van der Waals surface area contributed by atoms with Gasteiger partial charge in [-0.15, -0.1) is 0 Å². The first-order valence-electron chi connectivity index (χ1n) is 4.05. The van der Waals surface area contributed by atoms with Crippen molar-refractivity contribution in [2.75, 3.05) is 20.8 Å². The number of ether oxygens (including phenoxy) is 1. The topological polar surface area (TPSA) is 12.5 Å². The molecule has 3 atom stereocenters. The summed E-state index contributed by atoms with van der Waals surface area (Å²) in [6.07, 6.45) is 1.20. The van der Waals surface area contributed by atoms with Crippen LogP contribution in [0.4, 0.5) is 0 Å². The zero-order valence-electron chi connectivity index (χ0n) is 7.00. The molecule has 0 aromatic carbocycles. The molecule has 2 nitrogen and oxygen atoms in total. The van der Waals surface area contributed by atoms with Gasteiger partial charge in [-0.25, -0.2) is 0 Å². The highest BCUT2D eigenvalue weighted by Crippen LogP contribution is 2.31. The van der Waals surface area contributed by atoms with E-state index in [0.29, 0.717) is 18.0 Å². The Labute approximate surface area is 67.5 Å². The first kappa shape index (κ1) is 7.15. The molecule has 60 valence electrons. The van der Waals surface area contributed by atoms with E-state index in [1.165, 1.54) is 6.42 Å². The van der Waals surface area contributed by atoms with Gasteiger partial charge in [-0.05, 0) is 13.5 Å². The minimum absolute atomic E-state index is 0.537. The van der Waals surface area contributed by atoms with E-state index >= 15 is 0 Å². The Balaban J connectivity index is 1.98. The molecule has 0 N–H and O–H groups in total. The summed E-state index contributed by atoms with van der Waals surface area (Å²) in [6, 6.07) is 1.12. The van der Waals surface area contributed by atoms with Crippen molar-refractivity contribution in [3.63, 3.8) is 0 Å². The van der Waals surface area contributed by atoms with Gasteiger partial charge in [-0.3, -0.25) is 4.90 Å². The van der Waals surface area contributed by atoms with Gasteiger partial charge in [0.15, 0.2) is 0 Å². The normalized spacial score (nSPS) is 40.7. The van der Waals surface area contributed by atoms with Crippen LogP contribution in [0.3, 0.4) is 0 Å². The van der Waals surface area contributed by atoms with Crippen molar-refractivity contribution in [2.45, 2.75) is 18.5 Å². The second kappa shape index (κ2) is 2.51. The van der Waals surface area contributed by atoms with E-state index in [1.807, 2.05) is 0 Å². The number of nitrogens with zero attached hydrogens (tertiary/aromatic N) is 1. The van der Waals surface area contributed by atoms with Crippen LogP contribution < -0.4 is 0 Å². The summed E-state index contributed by atoms with van der Waals surface area (Å²) in [6.45, 7) is 0.840. The Morgan fingerprint density at radius 3 is 2.73 bits per heavy atom. The smallest absolute Gasteiger partial charge is 0.0855 e. The molecule has 1 aliphatic heterocycles. The minimum Gasteiger partial charge on any atom is -0.383 e. The van der Waals surface area contributed by atoms with Crippen molar-refractivity contribution in [1.82, 2.24) is 4.90 Å². The molecule has 11 heavy (non-hydrogen) atoms. The summed E-state index contributed by atoms with van der Waals surface area (Å²) >= 11 is 0. The van der Waals surface area contributed by atoms with E-state index in [2.05, 4.69) is 23.8 Å². The molecule has 1 saturated heterocycles. The zero-order chi connectivity index (χ0) is 7.84. The molecule has 1 fully saturated rings. The van der Waals surface area contributed by atoms with E-state index < -0.39 is 0 Å². The van der Waals surface area contributed by atoms with Crippen molar-refractivity contribution in [3.8, 4) is 11.8 Å². The van der Waals surface area contributed by atoms with Crippen LogP contribution >= 0.6 is 0 Å². The molecular weight excluding hydrogens is 138 g/mol. The Morgan fingerprint density at radius 2 is 2.36 bits per heavy atom. The van der Waals surface area contributed by atoms with Gasteiger partial charge in [0.25, 0.3) is 0 Å². The maximum atomic E-state index is 5.12. The Bertz CT molecular complexity index is 215. The third kappa shape index (κ3) is 0.962. The van der Waals surface area contributed by atoms with Crippen LogP contribution in [0.1, 0.15) is 6.42 Å². The highest BCUT2D eigenvalue weighted by molar-refractivity contribution is 5.30. The van der Waals surface area contributed by atoms with Crippen LogP contribution in [0.5, 0.6) is 0 Å². The van der Waals surface area contributed by atoms with Gasteiger partial charge < -0.3 is 4.74 Å². The maximum Gasteiger partial charge on any atom is 0.0855 e. The van der Waals surface area contributed by atoms with Crippen LogP contribution in [0.2, 0.25) is 0 Å². The lowest BCUT2D eigenvalue weighted by molar-refractivity contribution is 0.122. The molecule has 0 radical (unpaired) electrons. The van der Waals surface area contributed by atoms with E-state index in [1.54, 1.807) is 7.11 Å². The number of hydrogen-bond acceptors (Lipinski definition) is 2.